The molecule has 38 heteroatoms. The molecular weight excluding hydrogens is 1330 g/mol. The number of nitrogens with zero attached hydrogens (tertiary/aromatic N) is 6. The molecule has 16 N–H and O–H groups in total. The van der Waals surface area contributed by atoms with E-state index < -0.39 is 93.1 Å². The Morgan fingerprint density at radius 2 is 0.495 bits per heavy atom. The van der Waals surface area contributed by atoms with Gasteiger partial charge < -0.3 is 109 Å². The SMILES string of the molecule is Cn1cc(NC(=O)Nc2cc(C(=O)Nc3cc(C(=O)Nc4cc(C(=O)Nc5cc(P(=O)(O)O)c6cccc(P(=O)(O)O)c6c5)n(C)c4)n(C)c3)n(C)c2)cc1C(=O)Nc1cc(C(=O)Nc2cc(C(=O)Nc3cc(P(=O)(O)O)c4cccc(P(=O)(O)O)c4c3)n(C)c2)n(C)c1.[Na]. The maximum Gasteiger partial charge on any atom is 0.356 e. The first-order valence-electron chi connectivity index (χ1n) is 27.2. The van der Waals surface area contributed by atoms with Crippen LogP contribution in [0.25, 0.3) is 21.5 Å². The van der Waals surface area contributed by atoms with Crippen molar-refractivity contribution in [3.63, 3.8) is 0 Å². The van der Waals surface area contributed by atoms with Crippen LogP contribution >= 0.6 is 30.4 Å². The van der Waals surface area contributed by atoms with Crippen LogP contribution in [0.3, 0.4) is 0 Å². The minimum Gasteiger partial charge on any atom is -0.344 e. The van der Waals surface area contributed by atoms with Gasteiger partial charge in [-0.3, -0.25) is 47.0 Å². The van der Waals surface area contributed by atoms with Crippen LogP contribution < -0.4 is 63.8 Å². The van der Waals surface area contributed by atoms with Crippen LogP contribution in [0.4, 0.5) is 50.3 Å². The van der Waals surface area contributed by atoms with Crippen LogP contribution in [0.15, 0.2) is 134 Å². The van der Waals surface area contributed by atoms with Crippen molar-refractivity contribution in [3.05, 3.63) is 168 Å². The number of urea groups is 1. The van der Waals surface area contributed by atoms with Gasteiger partial charge in [-0.25, -0.2) is 4.79 Å². The summed E-state index contributed by atoms with van der Waals surface area (Å²) >= 11 is 0. The fourth-order valence-corrected chi connectivity index (χ4v) is 13.6. The molecule has 0 fully saturated rings. The van der Waals surface area contributed by atoms with E-state index in [1.165, 1.54) is 151 Å². The smallest absolute Gasteiger partial charge is 0.344 e. The zero-order valence-corrected chi connectivity index (χ0v) is 56.3. The third-order valence-electron chi connectivity index (χ3n) is 14.6. The van der Waals surface area contributed by atoms with Crippen LogP contribution in [0.1, 0.15) is 62.9 Å². The predicted molar refractivity (Wildman–Crippen MR) is 353 cm³/mol. The number of carbonyl (C=O) groups excluding carboxylic acids is 7. The fraction of sp³-hybridized carbons (Fsp3) is 0.105. The van der Waals surface area contributed by atoms with Crippen molar-refractivity contribution in [3.8, 4) is 0 Å². The molecule has 489 valence electrons. The van der Waals surface area contributed by atoms with Gasteiger partial charge in [0.2, 0.25) is 0 Å². The van der Waals surface area contributed by atoms with Crippen LogP contribution in [0.5, 0.6) is 0 Å². The Balaban J connectivity index is 0.0000106. The van der Waals surface area contributed by atoms with E-state index in [2.05, 4.69) is 42.5 Å². The molecule has 95 heavy (non-hydrogen) atoms. The molecule has 0 aliphatic carbocycles. The summed E-state index contributed by atoms with van der Waals surface area (Å²) in [5, 5.41) is 18.2. The molecular formula is C57H56N14NaO19P4. The Morgan fingerprint density at radius 1 is 0.284 bits per heavy atom. The molecule has 10 rings (SSSR count). The fourth-order valence-electron chi connectivity index (χ4n) is 10.5. The predicted octanol–water partition coefficient (Wildman–Crippen LogP) is 4.01. The number of nitrogens with one attached hydrogen (secondary N) is 8. The number of aromatic nitrogens is 6. The molecule has 0 aliphatic rings. The molecule has 0 aliphatic heterocycles. The summed E-state index contributed by atoms with van der Waals surface area (Å²) in [5.74, 6) is -4.18. The largest absolute Gasteiger partial charge is 0.356 e. The molecule has 0 saturated heterocycles. The second-order valence-electron chi connectivity index (χ2n) is 21.6. The summed E-state index contributed by atoms with van der Waals surface area (Å²) in [4.78, 5) is 175. The Kier molecular flexibility index (Phi) is 19.6. The van der Waals surface area contributed by atoms with E-state index in [1.807, 2.05) is 0 Å². The minimum absolute atomic E-state index is 0. The standard InChI is InChI=1S/C57H56N14O19P4.Na/c1-66-23-31(15-41(66)51(72)58-29-13-39-37(49(21-29)93(85,86)87)9-7-11-47(39)91(79,80)81)60-53(74)43-17-33(25-68(43)3)62-55(76)45-19-35(27-70(45)5)64-57(78)65-36-20-46(71(6)28-36)56(77)63-34-18-44(69(4)26-34)54(75)61-32-16-42(67(2)24-32)52(73)59-30-14-40-38(50(22-30)94(88,89)90)10-8-12-48(40)92(82,83)84;/h7-28H,1-6H3,(H,58,72)(H,59,73)(H,60,74)(H,61,75)(H,62,76)(H,63,77)(H2,64,65,78)(H2,79,80,81)(H2,82,83,84)(H2,85,86,87)(H2,88,89,90);. The number of hydrogen-bond acceptors (Lipinski definition) is 11. The Hall–Kier alpha value is -9.23. The average Bonchev–Trinajstić information content (AvgIpc) is 1.74. The normalized spacial score (nSPS) is 11.9. The second kappa shape index (κ2) is 26.5. The molecule has 33 nitrogen and oxygen atoms in total. The van der Waals surface area contributed by atoms with Crippen LogP contribution in [-0.4, -0.2) is 138 Å². The number of benzene rings is 4. The topological polar surface area (TPSA) is 475 Å². The van der Waals surface area contributed by atoms with Crippen molar-refractivity contribution in [2.45, 2.75) is 0 Å². The zero-order chi connectivity index (χ0) is 68.4. The molecule has 6 heterocycles. The maximum atomic E-state index is 13.6. The monoisotopic (exact) mass is 1390 g/mol. The molecule has 0 spiro atoms. The van der Waals surface area contributed by atoms with Crippen LogP contribution in [0, 0.1) is 0 Å². The van der Waals surface area contributed by atoms with Gasteiger partial charge in [-0.2, -0.15) is 0 Å². The van der Waals surface area contributed by atoms with E-state index in [9.17, 15) is 91.0 Å². The molecule has 6 aromatic heterocycles. The van der Waals surface area contributed by atoms with E-state index >= 15 is 0 Å². The molecule has 10 aromatic rings. The minimum atomic E-state index is -5.03. The zero-order valence-electron chi connectivity index (χ0n) is 50.7. The first-order chi connectivity index (χ1) is 43.9. The van der Waals surface area contributed by atoms with Gasteiger partial charge in [0.1, 0.15) is 34.2 Å². The molecule has 0 atom stereocenters. The number of rotatable bonds is 18. The van der Waals surface area contributed by atoms with E-state index in [0.717, 1.165) is 24.3 Å². The van der Waals surface area contributed by atoms with Crippen molar-refractivity contribution in [2.75, 3.05) is 42.5 Å². The number of fused-ring (bicyclic) bond motifs is 2. The van der Waals surface area contributed by atoms with Crippen molar-refractivity contribution in [1.29, 1.82) is 0 Å². The van der Waals surface area contributed by atoms with Gasteiger partial charge in [-0.1, -0.05) is 24.3 Å². The van der Waals surface area contributed by atoms with Gasteiger partial charge >= 0.3 is 36.4 Å². The molecule has 8 amide bonds. The molecule has 0 unspecified atom stereocenters. The van der Waals surface area contributed by atoms with E-state index in [-0.39, 0.29) is 131 Å². The molecule has 1 radical (unpaired) electrons. The van der Waals surface area contributed by atoms with Gasteiger partial charge in [0.15, 0.2) is 0 Å². The van der Waals surface area contributed by atoms with Crippen molar-refractivity contribution in [1.82, 2.24) is 27.4 Å². The molecule has 4 aromatic carbocycles. The summed E-state index contributed by atoms with van der Waals surface area (Å²) in [6.07, 6.45) is 8.68. The quantitative estimate of drug-likeness (QED) is 0.0426. The van der Waals surface area contributed by atoms with Crippen LogP contribution in [0.2, 0.25) is 0 Å². The van der Waals surface area contributed by atoms with Crippen molar-refractivity contribution >= 4 is 190 Å². The second-order valence-corrected chi connectivity index (χ2v) is 27.8. The number of amides is 8. The summed E-state index contributed by atoms with van der Waals surface area (Å²) in [6, 6.07) is 19.0. The van der Waals surface area contributed by atoms with E-state index in [1.54, 1.807) is 28.2 Å². The molecule has 0 saturated carbocycles. The number of hydrogen-bond donors (Lipinski definition) is 16. The first kappa shape index (κ1) is 70.1. The molecule has 0 bridgehead atoms. The number of aryl methyl sites for hydroxylation is 6. The summed E-state index contributed by atoms with van der Waals surface area (Å²) in [7, 11) is -10.8. The van der Waals surface area contributed by atoms with Gasteiger partial charge in [-0.05, 0) is 83.6 Å². The summed E-state index contributed by atoms with van der Waals surface area (Å²) in [6.45, 7) is 0. The van der Waals surface area contributed by atoms with Gasteiger partial charge in [-0.15, -0.1) is 0 Å². The average molecular weight is 1390 g/mol. The van der Waals surface area contributed by atoms with Gasteiger partial charge in [0.05, 0.1) is 55.3 Å². The number of anilines is 8. The van der Waals surface area contributed by atoms with Gasteiger partial charge in [0, 0.05) is 131 Å². The van der Waals surface area contributed by atoms with Crippen molar-refractivity contribution in [2.24, 2.45) is 42.3 Å². The van der Waals surface area contributed by atoms with Crippen LogP contribution in [-0.2, 0) is 60.5 Å². The van der Waals surface area contributed by atoms with Crippen molar-refractivity contribution < 1.29 is 91.0 Å². The third kappa shape index (κ3) is 15.3. The number of carbonyl (C=O) groups is 7. The Bertz CT molecular complexity index is 4770. The third-order valence-corrected chi connectivity index (χ3v) is 18.7. The maximum absolute atomic E-state index is 13.6. The Morgan fingerprint density at radius 3 is 0.716 bits per heavy atom. The van der Waals surface area contributed by atoms with E-state index in [0.29, 0.717) is 0 Å². The summed E-state index contributed by atoms with van der Waals surface area (Å²) in [5.41, 5.74) is 0.987. The van der Waals surface area contributed by atoms with E-state index in [4.69, 9.17) is 0 Å². The first-order valence-corrected chi connectivity index (χ1v) is 33.7. The summed E-state index contributed by atoms with van der Waals surface area (Å²) < 4.78 is 57.9. The van der Waals surface area contributed by atoms with Gasteiger partial charge in [0.25, 0.3) is 35.4 Å². The Labute approximate surface area is 558 Å².